The van der Waals surface area contributed by atoms with E-state index in [2.05, 4.69) is 10.2 Å². The van der Waals surface area contributed by atoms with Crippen molar-refractivity contribution in [2.75, 3.05) is 5.73 Å². The molecule has 0 aliphatic carbocycles. The van der Waals surface area contributed by atoms with Crippen LogP contribution >= 0.6 is 23.6 Å². The Labute approximate surface area is 84.0 Å². The van der Waals surface area contributed by atoms with Crippen LogP contribution in [0.1, 0.15) is 4.88 Å². The number of rotatable bonds is 2. The van der Waals surface area contributed by atoms with E-state index in [4.69, 9.17) is 18.0 Å². The van der Waals surface area contributed by atoms with Crippen molar-refractivity contribution in [3.63, 3.8) is 0 Å². The van der Waals surface area contributed by atoms with Gasteiger partial charge in [0, 0.05) is 4.88 Å². The summed E-state index contributed by atoms with van der Waals surface area (Å²) in [5.74, 6) is 0.429. The number of thiophene rings is 1. The first kappa shape index (κ1) is 8.46. The zero-order chi connectivity index (χ0) is 9.26. The molecule has 0 saturated heterocycles. The van der Waals surface area contributed by atoms with Crippen molar-refractivity contribution in [1.82, 2.24) is 14.8 Å². The van der Waals surface area contributed by atoms with Gasteiger partial charge in [0.2, 0.25) is 5.95 Å². The lowest BCUT2D eigenvalue weighted by molar-refractivity contribution is 0.806. The summed E-state index contributed by atoms with van der Waals surface area (Å²) in [4.78, 5) is 1.21. The number of aromatic nitrogens is 3. The maximum Gasteiger partial charge on any atom is 0.220 e. The summed E-state index contributed by atoms with van der Waals surface area (Å²) in [6.07, 6.45) is 0. The molecule has 0 saturated carbocycles. The number of aromatic amines is 1. The van der Waals surface area contributed by atoms with E-state index >= 15 is 0 Å². The van der Waals surface area contributed by atoms with Gasteiger partial charge in [0.15, 0.2) is 4.77 Å². The summed E-state index contributed by atoms with van der Waals surface area (Å²) in [6, 6.07) is 4.04. The number of hydrogen-bond acceptors (Lipinski definition) is 4. The van der Waals surface area contributed by atoms with E-state index in [0.29, 0.717) is 17.3 Å². The SMILES string of the molecule is Nc1n[nH]c(=S)n1Cc1cccs1. The number of nitrogen functional groups attached to an aromatic ring is 1. The summed E-state index contributed by atoms with van der Waals surface area (Å²) >= 11 is 6.69. The molecule has 0 atom stereocenters. The minimum Gasteiger partial charge on any atom is -0.368 e. The molecule has 0 spiro atoms. The normalized spacial score (nSPS) is 10.5. The first-order valence-corrected chi connectivity index (χ1v) is 4.99. The molecule has 2 aromatic heterocycles. The van der Waals surface area contributed by atoms with Crippen molar-refractivity contribution >= 4 is 29.5 Å². The average Bonchev–Trinajstić information content (AvgIpc) is 2.70. The third-order valence-electron chi connectivity index (χ3n) is 1.68. The van der Waals surface area contributed by atoms with E-state index in [0.717, 1.165) is 0 Å². The molecular weight excluding hydrogens is 204 g/mol. The smallest absolute Gasteiger partial charge is 0.220 e. The Morgan fingerprint density at radius 3 is 3.08 bits per heavy atom. The van der Waals surface area contributed by atoms with Gasteiger partial charge in [-0.25, -0.2) is 5.10 Å². The Balaban J connectivity index is 2.33. The summed E-state index contributed by atoms with van der Waals surface area (Å²) in [7, 11) is 0. The third-order valence-corrected chi connectivity index (χ3v) is 2.85. The van der Waals surface area contributed by atoms with Crippen LogP contribution < -0.4 is 5.73 Å². The largest absolute Gasteiger partial charge is 0.368 e. The van der Waals surface area contributed by atoms with E-state index in [1.807, 2.05) is 17.5 Å². The molecule has 68 valence electrons. The third kappa shape index (κ3) is 1.63. The zero-order valence-corrected chi connectivity index (χ0v) is 8.36. The van der Waals surface area contributed by atoms with Crippen LogP contribution in [0.25, 0.3) is 0 Å². The fourth-order valence-electron chi connectivity index (χ4n) is 1.04. The van der Waals surface area contributed by atoms with Crippen LogP contribution in [0.2, 0.25) is 0 Å². The predicted octanol–water partition coefficient (Wildman–Crippen LogP) is 1.63. The molecule has 0 amide bonds. The van der Waals surface area contributed by atoms with Gasteiger partial charge in [-0.3, -0.25) is 4.57 Å². The minimum atomic E-state index is 0.429. The Bertz CT molecular complexity index is 439. The molecule has 6 heteroatoms. The van der Waals surface area contributed by atoms with Crippen LogP contribution in [0.5, 0.6) is 0 Å². The second-order valence-corrected chi connectivity index (χ2v) is 3.97. The second-order valence-electron chi connectivity index (χ2n) is 2.55. The molecule has 13 heavy (non-hydrogen) atoms. The van der Waals surface area contributed by atoms with Gasteiger partial charge in [-0.2, -0.15) is 0 Å². The van der Waals surface area contributed by atoms with E-state index in [1.165, 1.54) is 4.88 Å². The van der Waals surface area contributed by atoms with Crippen LogP contribution in [0.15, 0.2) is 17.5 Å². The fraction of sp³-hybridized carbons (Fsp3) is 0.143. The van der Waals surface area contributed by atoms with Crippen LogP contribution in [0, 0.1) is 4.77 Å². The van der Waals surface area contributed by atoms with Gasteiger partial charge in [-0.1, -0.05) is 6.07 Å². The number of hydrogen-bond donors (Lipinski definition) is 2. The topological polar surface area (TPSA) is 59.6 Å². The lowest BCUT2D eigenvalue weighted by Gasteiger charge is -1.99. The predicted molar refractivity (Wildman–Crippen MR) is 55.2 cm³/mol. The minimum absolute atomic E-state index is 0.429. The number of H-pyrrole nitrogens is 1. The molecule has 3 N–H and O–H groups in total. The molecule has 0 radical (unpaired) electrons. The number of nitrogens with one attached hydrogen (secondary N) is 1. The molecule has 2 heterocycles. The molecule has 0 aromatic carbocycles. The summed E-state index contributed by atoms with van der Waals surface area (Å²) in [5.41, 5.74) is 5.62. The van der Waals surface area contributed by atoms with Gasteiger partial charge >= 0.3 is 0 Å². The zero-order valence-electron chi connectivity index (χ0n) is 6.73. The molecule has 0 fully saturated rings. The van der Waals surface area contributed by atoms with Gasteiger partial charge in [0.25, 0.3) is 0 Å². The Morgan fingerprint density at radius 1 is 1.69 bits per heavy atom. The highest BCUT2D eigenvalue weighted by Crippen LogP contribution is 2.12. The fourth-order valence-corrected chi connectivity index (χ4v) is 1.94. The number of nitrogens with two attached hydrogens (primary N) is 1. The van der Waals surface area contributed by atoms with E-state index in [-0.39, 0.29) is 0 Å². The first-order chi connectivity index (χ1) is 6.27. The van der Waals surface area contributed by atoms with Crippen LogP contribution in [0.4, 0.5) is 5.95 Å². The highest BCUT2D eigenvalue weighted by molar-refractivity contribution is 7.71. The molecule has 0 aliphatic heterocycles. The van der Waals surface area contributed by atoms with Crippen molar-refractivity contribution < 1.29 is 0 Å². The highest BCUT2D eigenvalue weighted by Gasteiger charge is 2.02. The Morgan fingerprint density at radius 2 is 2.54 bits per heavy atom. The molecule has 0 unspecified atom stereocenters. The number of nitrogens with zero attached hydrogens (tertiary/aromatic N) is 2. The Hall–Kier alpha value is -1.14. The molecule has 2 aromatic rings. The van der Waals surface area contributed by atoms with Crippen molar-refractivity contribution in [3.05, 3.63) is 27.2 Å². The van der Waals surface area contributed by atoms with E-state index in [9.17, 15) is 0 Å². The molecular formula is C7H8N4S2. The Kier molecular flexibility index (Phi) is 2.15. The van der Waals surface area contributed by atoms with Crippen molar-refractivity contribution in [2.45, 2.75) is 6.54 Å². The van der Waals surface area contributed by atoms with E-state index in [1.54, 1.807) is 15.9 Å². The number of anilines is 1. The standard InChI is InChI=1S/C7H8N4S2/c8-6-9-10-7(12)11(6)4-5-2-1-3-13-5/h1-3H,4H2,(H2,8,9)(H,10,12). The summed E-state index contributed by atoms with van der Waals surface area (Å²) in [6.45, 7) is 0.693. The second kappa shape index (κ2) is 3.31. The molecule has 0 aliphatic rings. The van der Waals surface area contributed by atoms with Crippen LogP contribution in [-0.4, -0.2) is 14.8 Å². The van der Waals surface area contributed by atoms with Crippen molar-refractivity contribution in [3.8, 4) is 0 Å². The van der Waals surface area contributed by atoms with Gasteiger partial charge in [-0.05, 0) is 23.7 Å². The quantitative estimate of drug-likeness (QED) is 0.744. The van der Waals surface area contributed by atoms with Crippen LogP contribution in [0.3, 0.4) is 0 Å². The lowest BCUT2D eigenvalue weighted by atomic mass is 10.5. The summed E-state index contributed by atoms with van der Waals surface area (Å²) < 4.78 is 2.33. The lowest BCUT2D eigenvalue weighted by Crippen LogP contribution is -2.03. The van der Waals surface area contributed by atoms with Gasteiger partial charge in [0.1, 0.15) is 0 Å². The van der Waals surface area contributed by atoms with Crippen molar-refractivity contribution in [1.29, 1.82) is 0 Å². The van der Waals surface area contributed by atoms with Gasteiger partial charge < -0.3 is 5.73 Å². The monoisotopic (exact) mass is 212 g/mol. The van der Waals surface area contributed by atoms with Gasteiger partial charge in [0.05, 0.1) is 6.54 Å². The van der Waals surface area contributed by atoms with Gasteiger partial charge in [-0.15, -0.1) is 16.4 Å². The molecule has 0 bridgehead atoms. The molecule has 2 rings (SSSR count). The summed E-state index contributed by atoms with van der Waals surface area (Å²) in [5, 5.41) is 8.49. The maximum absolute atomic E-state index is 5.62. The average molecular weight is 212 g/mol. The first-order valence-electron chi connectivity index (χ1n) is 3.70. The van der Waals surface area contributed by atoms with Crippen LogP contribution in [-0.2, 0) is 6.54 Å². The molecule has 4 nitrogen and oxygen atoms in total. The van der Waals surface area contributed by atoms with E-state index < -0.39 is 0 Å². The van der Waals surface area contributed by atoms with Crippen molar-refractivity contribution in [2.24, 2.45) is 0 Å². The maximum atomic E-state index is 5.62. The highest BCUT2D eigenvalue weighted by atomic mass is 32.1.